The molecule has 33 heavy (non-hydrogen) atoms. The van der Waals surface area contributed by atoms with Gasteiger partial charge in [0.25, 0.3) is 5.91 Å². The molecule has 10 heteroatoms. The summed E-state index contributed by atoms with van der Waals surface area (Å²) in [5, 5.41) is 9.54. The van der Waals surface area contributed by atoms with Crippen molar-refractivity contribution in [3.63, 3.8) is 0 Å². The van der Waals surface area contributed by atoms with Crippen LogP contribution in [0.15, 0.2) is 18.5 Å². The molecule has 0 aliphatic carbocycles. The van der Waals surface area contributed by atoms with Crippen LogP contribution in [0.2, 0.25) is 5.02 Å². The Morgan fingerprint density at radius 1 is 1.24 bits per heavy atom. The lowest BCUT2D eigenvalue weighted by Gasteiger charge is -2.35. The van der Waals surface area contributed by atoms with Gasteiger partial charge >= 0.3 is 0 Å². The third-order valence-electron chi connectivity index (χ3n) is 6.70. The fourth-order valence-electron chi connectivity index (χ4n) is 5.03. The van der Waals surface area contributed by atoms with Gasteiger partial charge in [0.2, 0.25) is 0 Å². The molecule has 5 heterocycles. The number of aromatic nitrogens is 5. The first kappa shape index (κ1) is 22.2. The van der Waals surface area contributed by atoms with Crippen molar-refractivity contribution in [2.45, 2.75) is 64.6 Å². The zero-order valence-electron chi connectivity index (χ0n) is 19.4. The average molecular weight is 471 g/mol. The van der Waals surface area contributed by atoms with Crippen LogP contribution in [0.3, 0.4) is 0 Å². The Bertz CT molecular complexity index is 1180. The highest BCUT2D eigenvalue weighted by Crippen LogP contribution is 2.34. The van der Waals surface area contributed by atoms with Crippen LogP contribution in [0, 0.1) is 6.92 Å². The number of anilines is 1. The molecule has 2 aliphatic heterocycles. The van der Waals surface area contributed by atoms with Crippen molar-refractivity contribution in [2.24, 2.45) is 5.73 Å². The van der Waals surface area contributed by atoms with E-state index >= 15 is 0 Å². The molecule has 5 rings (SSSR count). The third-order valence-corrected chi connectivity index (χ3v) is 6.97. The summed E-state index contributed by atoms with van der Waals surface area (Å²) < 4.78 is 3.53. The molecule has 2 saturated heterocycles. The summed E-state index contributed by atoms with van der Waals surface area (Å²) in [6.45, 7) is 8.45. The Balaban J connectivity index is 1.49. The van der Waals surface area contributed by atoms with Gasteiger partial charge in [-0.1, -0.05) is 11.6 Å². The van der Waals surface area contributed by atoms with Crippen molar-refractivity contribution < 1.29 is 4.79 Å². The molecule has 0 saturated carbocycles. The van der Waals surface area contributed by atoms with Gasteiger partial charge in [0.1, 0.15) is 11.5 Å². The minimum atomic E-state index is -0.122. The van der Waals surface area contributed by atoms with Crippen molar-refractivity contribution in [1.29, 1.82) is 0 Å². The van der Waals surface area contributed by atoms with Gasteiger partial charge in [-0.2, -0.15) is 10.2 Å². The van der Waals surface area contributed by atoms with E-state index in [9.17, 15) is 4.79 Å². The van der Waals surface area contributed by atoms with Crippen molar-refractivity contribution in [3.05, 3.63) is 40.4 Å². The summed E-state index contributed by atoms with van der Waals surface area (Å²) in [5.41, 5.74) is 9.27. The van der Waals surface area contributed by atoms with Gasteiger partial charge in [0.15, 0.2) is 5.65 Å². The normalized spacial score (nSPS) is 21.5. The number of piperidine rings is 1. The number of nitrogens with zero attached hydrogens (tertiary/aromatic N) is 7. The summed E-state index contributed by atoms with van der Waals surface area (Å²) in [6, 6.07) is 2.12. The van der Waals surface area contributed by atoms with Gasteiger partial charge < -0.3 is 15.5 Å². The van der Waals surface area contributed by atoms with Crippen LogP contribution in [0.1, 0.15) is 73.4 Å². The second-order valence-electron chi connectivity index (χ2n) is 9.50. The number of hydrogen-bond donors (Lipinski definition) is 1. The molecule has 2 N–H and O–H groups in total. The molecule has 3 aromatic rings. The van der Waals surface area contributed by atoms with Gasteiger partial charge in [0, 0.05) is 49.5 Å². The van der Waals surface area contributed by atoms with Gasteiger partial charge in [-0.3, -0.25) is 9.48 Å². The lowest BCUT2D eigenvalue weighted by molar-refractivity contribution is 0.0591. The summed E-state index contributed by atoms with van der Waals surface area (Å²) in [4.78, 5) is 22.7. The van der Waals surface area contributed by atoms with Crippen molar-refractivity contribution in [2.75, 3.05) is 24.5 Å². The number of nitrogens with two attached hydrogens (primary N) is 1. The maximum absolute atomic E-state index is 13.6. The number of aryl methyl sites for hydroxylation is 1. The first-order valence-corrected chi connectivity index (χ1v) is 12.1. The second kappa shape index (κ2) is 8.61. The first-order valence-electron chi connectivity index (χ1n) is 11.7. The summed E-state index contributed by atoms with van der Waals surface area (Å²) in [7, 11) is 0. The Kier molecular flexibility index (Phi) is 5.78. The van der Waals surface area contributed by atoms with E-state index in [4.69, 9.17) is 27.4 Å². The minimum absolute atomic E-state index is 0.0409. The fourth-order valence-corrected chi connectivity index (χ4v) is 5.24. The maximum atomic E-state index is 13.6. The van der Waals surface area contributed by atoms with Gasteiger partial charge in [-0.25, -0.2) is 9.50 Å². The molecule has 0 aromatic carbocycles. The predicted octanol–water partition coefficient (Wildman–Crippen LogP) is 3.37. The summed E-state index contributed by atoms with van der Waals surface area (Å²) >= 11 is 6.39. The lowest BCUT2D eigenvalue weighted by atomic mass is 9.99. The average Bonchev–Trinajstić information content (AvgIpc) is 3.50. The molecule has 2 aliphatic rings. The number of likely N-dealkylation sites (tertiary alicyclic amines) is 1. The number of amides is 1. The molecule has 9 nitrogen and oxygen atoms in total. The molecule has 3 aromatic heterocycles. The number of carbonyl (C=O) groups is 1. The molecule has 0 spiro atoms. The third kappa shape index (κ3) is 3.97. The van der Waals surface area contributed by atoms with Crippen LogP contribution in [0.25, 0.3) is 5.65 Å². The molecule has 176 valence electrons. The topological polar surface area (TPSA) is 97.6 Å². The number of halogens is 1. The number of rotatable bonds is 4. The number of fused-ring (bicyclic) bond motifs is 1. The van der Waals surface area contributed by atoms with Crippen LogP contribution in [-0.4, -0.2) is 60.9 Å². The minimum Gasteiger partial charge on any atom is -0.355 e. The van der Waals surface area contributed by atoms with Gasteiger partial charge in [-0.05, 0) is 46.5 Å². The number of carbonyl (C=O) groups excluding carboxylic acids is 1. The molecule has 1 amide bonds. The molecule has 2 fully saturated rings. The van der Waals surface area contributed by atoms with Crippen LogP contribution >= 0.6 is 11.6 Å². The lowest BCUT2D eigenvalue weighted by Crippen LogP contribution is -2.40. The highest BCUT2D eigenvalue weighted by molar-refractivity contribution is 6.33. The molecular formula is C23H31ClN8O. The van der Waals surface area contributed by atoms with E-state index in [0.717, 1.165) is 61.5 Å². The molecule has 0 radical (unpaired) electrons. The quantitative estimate of drug-likeness (QED) is 0.627. The smallest absolute Gasteiger partial charge is 0.274 e. The van der Waals surface area contributed by atoms with E-state index in [1.807, 2.05) is 35.5 Å². The van der Waals surface area contributed by atoms with Crippen molar-refractivity contribution in [3.8, 4) is 0 Å². The first-order chi connectivity index (χ1) is 15.8. The predicted molar refractivity (Wildman–Crippen MR) is 128 cm³/mol. The Morgan fingerprint density at radius 3 is 2.79 bits per heavy atom. The van der Waals surface area contributed by atoms with E-state index in [-0.39, 0.29) is 24.0 Å². The second-order valence-corrected chi connectivity index (χ2v) is 9.91. The highest BCUT2D eigenvalue weighted by Gasteiger charge is 2.34. The highest BCUT2D eigenvalue weighted by atomic mass is 35.5. The summed E-state index contributed by atoms with van der Waals surface area (Å²) in [5.74, 6) is 0.870. The van der Waals surface area contributed by atoms with Crippen LogP contribution in [0.4, 0.5) is 5.82 Å². The Labute approximate surface area is 198 Å². The summed E-state index contributed by atoms with van der Waals surface area (Å²) in [6.07, 6.45) is 7.41. The van der Waals surface area contributed by atoms with Gasteiger partial charge in [-0.15, -0.1) is 0 Å². The largest absolute Gasteiger partial charge is 0.355 e. The SMILES string of the molecule is Cc1cn2nc([C@@H]3CCCCN3C(=O)c3c(Cl)cnn3C(C)C)cc2nc1N1CC[C@H](N)C1. The van der Waals surface area contributed by atoms with E-state index in [2.05, 4.69) is 16.9 Å². The van der Waals surface area contributed by atoms with E-state index < -0.39 is 0 Å². The fraction of sp³-hybridized carbons (Fsp3) is 0.565. The molecule has 0 bridgehead atoms. The monoisotopic (exact) mass is 470 g/mol. The molecule has 0 unspecified atom stereocenters. The van der Waals surface area contributed by atoms with Crippen molar-refractivity contribution >= 4 is 29.0 Å². The number of hydrogen-bond acceptors (Lipinski definition) is 6. The zero-order chi connectivity index (χ0) is 23.3. The van der Waals surface area contributed by atoms with Gasteiger partial charge in [0.05, 0.1) is 23.0 Å². The van der Waals surface area contributed by atoms with E-state index in [1.54, 1.807) is 10.9 Å². The Morgan fingerprint density at radius 2 is 2.06 bits per heavy atom. The van der Waals surface area contributed by atoms with E-state index in [1.165, 1.54) is 0 Å². The van der Waals surface area contributed by atoms with Crippen LogP contribution in [-0.2, 0) is 0 Å². The van der Waals surface area contributed by atoms with Crippen molar-refractivity contribution in [1.82, 2.24) is 29.3 Å². The zero-order valence-corrected chi connectivity index (χ0v) is 20.2. The molecule has 2 atom stereocenters. The van der Waals surface area contributed by atoms with Crippen LogP contribution in [0.5, 0.6) is 0 Å². The van der Waals surface area contributed by atoms with E-state index in [0.29, 0.717) is 17.3 Å². The maximum Gasteiger partial charge on any atom is 0.274 e. The van der Waals surface area contributed by atoms with Crippen LogP contribution < -0.4 is 10.6 Å². The Hall–Kier alpha value is -2.65. The molecular weight excluding hydrogens is 440 g/mol. The standard InChI is InChI=1S/C23H31ClN8O/c1-14(2)32-21(17(24)11-26-32)23(33)30-8-5-4-6-19(30)18-10-20-27-22(15(3)12-31(20)28-18)29-9-7-16(25)13-29/h10-12,14,16,19H,4-9,13,25H2,1-3H3/t16-,19-/m0/s1.